The van der Waals surface area contributed by atoms with Crippen LogP contribution >= 0.6 is 0 Å². The maximum atomic E-state index is 12.3. The number of carbonyl (C=O) groups is 2. The lowest BCUT2D eigenvalue weighted by Crippen LogP contribution is -2.36. The zero-order valence-electron chi connectivity index (χ0n) is 13.8. The highest BCUT2D eigenvalue weighted by atomic mass is 16.2. The van der Waals surface area contributed by atoms with E-state index in [4.69, 9.17) is 5.26 Å². The standard InChI is InChI=1S/C19H23N3O2/c20-12-13-6-5-9-15(10-13)22-19(24)17-11-16(17)18(23)21-14-7-3-1-2-4-8-14/h5-6,9-10,14,16-17H,1-4,7-8,11H2,(H,21,23)(H,22,24). The molecule has 1 aromatic rings. The Morgan fingerprint density at radius 3 is 2.46 bits per heavy atom. The first kappa shape index (κ1) is 16.5. The normalized spacial score (nSPS) is 23.6. The number of anilines is 1. The summed E-state index contributed by atoms with van der Waals surface area (Å²) in [6, 6.07) is 9.14. The molecule has 2 aliphatic carbocycles. The lowest BCUT2D eigenvalue weighted by molar-refractivity contribution is -0.125. The SMILES string of the molecule is N#Cc1cccc(NC(=O)C2CC2C(=O)NC2CCCCCC2)c1. The predicted octanol–water partition coefficient (Wildman–Crippen LogP) is 2.97. The van der Waals surface area contributed by atoms with Crippen LogP contribution < -0.4 is 10.6 Å². The van der Waals surface area contributed by atoms with Crippen LogP contribution in [0.2, 0.25) is 0 Å². The first-order valence-corrected chi connectivity index (χ1v) is 8.79. The Morgan fingerprint density at radius 2 is 1.75 bits per heavy atom. The van der Waals surface area contributed by atoms with E-state index in [1.54, 1.807) is 24.3 Å². The smallest absolute Gasteiger partial charge is 0.228 e. The Labute approximate surface area is 142 Å². The Kier molecular flexibility index (Phi) is 5.14. The highest BCUT2D eigenvalue weighted by molar-refractivity contribution is 5.99. The van der Waals surface area contributed by atoms with Gasteiger partial charge in [0.2, 0.25) is 11.8 Å². The molecule has 0 bridgehead atoms. The minimum atomic E-state index is -0.249. The molecule has 24 heavy (non-hydrogen) atoms. The van der Waals surface area contributed by atoms with E-state index in [9.17, 15) is 9.59 Å². The van der Waals surface area contributed by atoms with Crippen molar-refractivity contribution in [2.24, 2.45) is 11.8 Å². The highest BCUT2D eigenvalue weighted by Gasteiger charge is 2.48. The number of rotatable bonds is 4. The summed E-state index contributed by atoms with van der Waals surface area (Å²) in [5.74, 6) is -0.562. The van der Waals surface area contributed by atoms with Gasteiger partial charge in [0.1, 0.15) is 0 Å². The van der Waals surface area contributed by atoms with E-state index in [1.807, 2.05) is 6.07 Å². The number of carbonyl (C=O) groups excluding carboxylic acids is 2. The second kappa shape index (κ2) is 7.48. The van der Waals surface area contributed by atoms with Gasteiger partial charge in [-0.15, -0.1) is 0 Å². The van der Waals surface area contributed by atoms with Crippen LogP contribution in [0, 0.1) is 23.2 Å². The van der Waals surface area contributed by atoms with Crippen LogP contribution in [-0.2, 0) is 9.59 Å². The van der Waals surface area contributed by atoms with Crippen molar-refractivity contribution in [2.75, 3.05) is 5.32 Å². The molecule has 0 saturated heterocycles. The zero-order valence-corrected chi connectivity index (χ0v) is 13.8. The summed E-state index contributed by atoms with van der Waals surface area (Å²) in [5.41, 5.74) is 1.11. The monoisotopic (exact) mass is 325 g/mol. The van der Waals surface area contributed by atoms with Crippen LogP contribution in [0.4, 0.5) is 5.69 Å². The molecule has 1 aromatic carbocycles. The lowest BCUT2D eigenvalue weighted by Gasteiger charge is -2.16. The van der Waals surface area contributed by atoms with E-state index in [1.165, 1.54) is 25.7 Å². The van der Waals surface area contributed by atoms with Gasteiger partial charge in [0.25, 0.3) is 0 Å². The fourth-order valence-electron chi connectivity index (χ4n) is 3.41. The molecule has 2 atom stereocenters. The summed E-state index contributed by atoms with van der Waals surface area (Å²) in [4.78, 5) is 24.6. The first-order valence-electron chi connectivity index (χ1n) is 8.79. The number of nitrogens with zero attached hydrogens (tertiary/aromatic N) is 1. The van der Waals surface area contributed by atoms with Gasteiger partial charge in [-0.2, -0.15) is 5.26 Å². The summed E-state index contributed by atoms with van der Waals surface area (Å²) in [7, 11) is 0. The summed E-state index contributed by atoms with van der Waals surface area (Å²) < 4.78 is 0. The molecular formula is C19H23N3O2. The van der Waals surface area contributed by atoms with Gasteiger partial charge in [-0.3, -0.25) is 9.59 Å². The molecule has 126 valence electrons. The van der Waals surface area contributed by atoms with E-state index < -0.39 is 0 Å². The van der Waals surface area contributed by atoms with E-state index in [-0.39, 0.29) is 29.7 Å². The van der Waals surface area contributed by atoms with Crippen molar-refractivity contribution in [1.29, 1.82) is 5.26 Å². The number of hydrogen-bond donors (Lipinski definition) is 2. The van der Waals surface area contributed by atoms with Crippen LogP contribution in [0.25, 0.3) is 0 Å². The van der Waals surface area contributed by atoms with Gasteiger partial charge in [-0.05, 0) is 37.5 Å². The number of benzene rings is 1. The van der Waals surface area contributed by atoms with Crippen LogP contribution in [-0.4, -0.2) is 17.9 Å². The fraction of sp³-hybridized carbons (Fsp3) is 0.526. The molecular weight excluding hydrogens is 302 g/mol. The van der Waals surface area contributed by atoms with Gasteiger partial charge in [0, 0.05) is 11.7 Å². The molecule has 2 saturated carbocycles. The zero-order chi connectivity index (χ0) is 16.9. The third-order valence-electron chi connectivity index (χ3n) is 4.92. The second-order valence-electron chi connectivity index (χ2n) is 6.83. The van der Waals surface area contributed by atoms with E-state index >= 15 is 0 Å². The molecule has 2 amide bonds. The maximum absolute atomic E-state index is 12.3. The lowest BCUT2D eigenvalue weighted by atomic mass is 10.1. The largest absolute Gasteiger partial charge is 0.353 e. The molecule has 2 aliphatic rings. The van der Waals surface area contributed by atoms with Gasteiger partial charge >= 0.3 is 0 Å². The molecule has 2 N–H and O–H groups in total. The topological polar surface area (TPSA) is 82.0 Å². The second-order valence-corrected chi connectivity index (χ2v) is 6.83. The van der Waals surface area contributed by atoms with Crippen molar-refractivity contribution in [3.63, 3.8) is 0 Å². The Morgan fingerprint density at radius 1 is 1.04 bits per heavy atom. The molecule has 0 spiro atoms. The molecule has 0 radical (unpaired) electrons. The maximum Gasteiger partial charge on any atom is 0.228 e. The Balaban J connectivity index is 1.49. The van der Waals surface area contributed by atoms with Crippen molar-refractivity contribution >= 4 is 17.5 Å². The molecule has 0 heterocycles. The highest BCUT2D eigenvalue weighted by Crippen LogP contribution is 2.39. The molecule has 5 heteroatoms. The molecule has 2 fully saturated rings. The number of amides is 2. The Hall–Kier alpha value is -2.35. The van der Waals surface area contributed by atoms with Crippen molar-refractivity contribution in [3.05, 3.63) is 29.8 Å². The fourth-order valence-corrected chi connectivity index (χ4v) is 3.41. The van der Waals surface area contributed by atoms with Gasteiger partial charge in [0.05, 0.1) is 23.5 Å². The number of hydrogen-bond acceptors (Lipinski definition) is 3. The third-order valence-corrected chi connectivity index (χ3v) is 4.92. The molecule has 2 unspecified atom stereocenters. The summed E-state index contributed by atoms with van der Waals surface area (Å²) in [6.07, 6.45) is 7.57. The van der Waals surface area contributed by atoms with Gasteiger partial charge in [0.15, 0.2) is 0 Å². The van der Waals surface area contributed by atoms with Gasteiger partial charge < -0.3 is 10.6 Å². The third kappa shape index (κ3) is 4.14. The van der Waals surface area contributed by atoms with Crippen molar-refractivity contribution in [2.45, 2.75) is 51.0 Å². The average molecular weight is 325 g/mol. The Bertz CT molecular complexity index is 657. The average Bonchev–Trinajstić information content (AvgIpc) is 3.40. The summed E-state index contributed by atoms with van der Waals surface area (Å²) in [5, 5.41) is 14.8. The predicted molar refractivity (Wildman–Crippen MR) is 91.0 cm³/mol. The van der Waals surface area contributed by atoms with Crippen molar-refractivity contribution in [1.82, 2.24) is 5.32 Å². The van der Waals surface area contributed by atoms with Gasteiger partial charge in [-0.25, -0.2) is 0 Å². The van der Waals surface area contributed by atoms with E-state index in [0.717, 1.165) is 12.8 Å². The van der Waals surface area contributed by atoms with Crippen LogP contribution in [0.1, 0.15) is 50.5 Å². The first-order chi connectivity index (χ1) is 11.7. The molecule has 5 nitrogen and oxygen atoms in total. The van der Waals surface area contributed by atoms with Crippen LogP contribution in [0.3, 0.4) is 0 Å². The summed E-state index contributed by atoms with van der Waals surface area (Å²) in [6.45, 7) is 0. The molecule has 3 rings (SSSR count). The molecule has 0 aromatic heterocycles. The minimum Gasteiger partial charge on any atom is -0.353 e. The van der Waals surface area contributed by atoms with Crippen molar-refractivity contribution < 1.29 is 9.59 Å². The number of nitrogens with one attached hydrogen (secondary N) is 2. The number of nitriles is 1. The van der Waals surface area contributed by atoms with Crippen LogP contribution in [0.15, 0.2) is 24.3 Å². The van der Waals surface area contributed by atoms with E-state index in [0.29, 0.717) is 17.7 Å². The molecule has 0 aliphatic heterocycles. The summed E-state index contributed by atoms with van der Waals surface area (Å²) >= 11 is 0. The van der Waals surface area contributed by atoms with E-state index in [2.05, 4.69) is 10.6 Å². The quantitative estimate of drug-likeness (QED) is 0.835. The minimum absolute atomic E-state index is 0.0211. The van der Waals surface area contributed by atoms with Crippen molar-refractivity contribution in [3.8, 4) is 6.07 Å². The van der Waals surface area contributed by atoms with Gasteiger partial charge in [-0.1, -0.05) is 31.7 Å². The van der Waals surface area contributed by atoms with Crippen LogP contribution in [0.5, 0.6) is 0 Å².